The summed E-state index contributed by atoms with van der Waals surface area (Å²) in [6, 6.07) is 0.180. The number of nitrogens with two attached hydrogens (primary N) is 1. The molecular weight excluding hydrogens is 321 g/mol. The number of anilines is 1. The van der Waals surface area contributed by atoms with Crippen molar-refractivity contribution in [2.45, 2.75) is 51.6 Å². The second-order valence-electron chi connectivity index (χ2n) is 6.11. The first kappa shape index (κ1) is 16.7. The van der Waals surface area contributed by atoms with Gasteiger partial charge in [-0.05, 0) is 19.8 Å². The minimum atomic E-state index is -4.42. The van der Waals surface area contributed by atoms with E-state index in [2.05, 4.69) is 15.1 Å². The Bertz CT molecular complexity index is 669. The Labute approximate surface area is 137 Å². The zero-order valence-corrected chi connectivity index (χ0v) is 13.3. The second kappa shape index (κ2) is 6.39. The highest BCUT2D eigenvalue weighted by atomic mass is 19.4. The molecule has 1 aliphatic rings. The molecule has 3 heterocycles. The first-order chi connectivity index (χ1) is 11.3. The van der Waals surface area contributed by atoms with Crippen LogP contribution in [-0.2, 0) is 25.8 Å². The molecule has 0 fully saturated rings. The summed E-state index contributed by atoms with van der Waals surface area (Å²) in [5.74, 6) is 0.282. The summed E-state index contributed by atoms with van der Waals surface area (Å²) in [6.45, 7) is 3.84. The van der Waals surface area contributed by atoms with Gasteiger partial charge in [0.1, 0.15) is 0 Å². The Kier molecular flexibility index (Phi) is 4.44. The molecule has 0 amide bonds. The van der Waals surface area contributed by atoms with Crippen LogP contribution in [0.5, 0.6) is 0 Å². The third-order valence-corrected chi connectivity index (χ3v) is 3.92. The molecule has 24 heavy (non-hydrogen) atoms. The van der Waals surface area contributed by atoms with Crippen molar-refractivity contribution in [2.75, 3.05) is 4.90 Å². The number of rotatable bonds is 5. The number of nitrogens with zero attached hydrogens (tertiary/aromatic N) is 5. The normalized spacial score (nSPS) is 15.6. The monoisotopic (exact) mass is 340 g/mol. The van der Waals surface area contributed by atoms with Crippen LogP contribution >= 0.6 is 0 Å². The van der Waals surface area contributed by atoms with Crippen LogP contribution in [0.2, 0.25) is 0 Å². The lowest BCUT2D eigenvalue weighted by Crippen LogP contribution is -2.20. The van der Waals surface area contributed by atoms with E-state index in [1.165, 1.54) is 0 Å². The molecule has 3 rings (SSSR count). The Hall–Kier alpha value is -2.16. The second-order valence-corrected chi connectivity index (χ2v) is 6.11. The van der Waals surface area contributed by atoms with Gasteiger partial charge in [0.05, 0.1) is 17.8 Å². The van der Waals surface area contributed by atoms with E-state index >= 15 is 0 Å². The van der Waals surface area contributed by atoms with Crippen molar-refractivity contribution in [1.29, 1.82) is 0 Å². The molecule has 6 nitrogen and oxygen atoms in total. The van der Waals surface area contributed by atoms with Gasteiger partial charge in [-0.1, -0.05) is 0 Å². The van der Waals surface area contributed by atoms with Crippen LogP contribution in [0.3, 0.4) is 0 Å². The lowest BCUT2D eigenvalue weighted by atomic mass is 10.2. The number of aromatic nitrogens is 4. The fraction of sp³-hybridized carbons (Fsp3) is 0.533. The van der Waals surface area contributed by atoms with Crippen LogP contribution in [-0.4, -0.2) is 25.8 Å². The third-order valence-electron chi connectivity index (χ3n) is 3.92. The number of aryl methyl sites for hydroxylation is 1. The van der Waals surface area contributed by atoms with Crippen LogP contribution in [0, 0.1) is 0 Å². The number of hydrogen-bond donors (Lipinski definition) is 1. The third kappa shape index (κ3) is 3.66. The predicted octanol–water partition coefficient (Wildman–Crippen LogP) is 2.34. The molecule has 0 radical (unpaired) electrons. The minimum Gasteiger partial charge on any atom is -0.330 e. The zero-order chi connectivity index (χ0) is 17.3. The van der Waals surface area contributed by atoms with Crippen molar-refractivity contribution in [3.05, 3.63) is 35.4 Å². The summed E-state index contributed by atoms with van der Waals surface area (Å²) in [5.41, 5.74) is 6.85. The number of halogens is 3. The smallest absolute Gasteiger partial charge is 0.330 e. The maximum Gasteiger partial charge on any atom is 0.419 e. The van der Waals surface area contributed by atoms with Gasteiger partial charge in [0.25, 0.3) is 0 Å². The summed E-state index contributed by atoms with van der Waals surface area (Å²) in [5, 5.41) is 4.52. The van der Waals surface area contributed by atoms with Gasteiger partial charge in [-0.3, -0.25) is 4.68 Å². The molecule has 0 unspecified atom stereocenters. The quantitative estimate of drug-likeness (QED) is 0.904. The van der Waals surface area contributed by atoms with Crippen molar-refractivity contribution in [3.8, 4) is 0 Å². The van der Waals surface area contributed by atoms with Crippen LogP contribution < -0.4 is 10.6 Å². The van der Waals surface area contributed by atoms with E-state index < -0.39 is 11.7 Å². The van der Waals surface area contributed by atoms with Gasteiger partial charge in [0.15, 0.2) is 0 Å². The van der Waals surface area contributed by atoms with Gasteiger partial charge < -0.3 is 10.6 Å². The minimum absolute atomic E-state index is 0.180. The summed E-state index contributed by atoms with van der Waals surface area (Å²) in [4.78, 5) is 9.46. The SMILES string of the molecule is C[C@H](N)CCCn1cc2c(n1)CN(c1ncc(C(F)(F)F)cn1)C2. The molecule has 1 atom stereocenters. The Balaban J connectivity index is 1.61. The summed E-state index contributed by atoms with van der Waals surface area (Å²) < 4.78 is 39.5. The Morgan fingerprint density at radius 2 is 1.96 bits per heavy atom. The van der Waals surface area contributed by atoms with E-state index in [1.807, 2.05) is 22.7 Å². The lowest BCUT2D eigenvalue weighted by molar-refractivity contribution is -0.138. The Morgan fingerprint density at radius 1 is 1.25 bits per heavy atom. The highest BCUT2D eigenvalue weighted by Crippen LogP contribution is 2.30. The van der Waals surface area contributed by atoms with E-state index in [0.29, 0.717) is 13.1 Å². The van der Waals surface area contributed by atoms with Crippen molar-refractivity contribution in [2.24, 2.45) is 5.73 Å². The molecule has 0 saturated carbocycles. The van der Waals surface area contributed by atoms with E-state index in [-0.39, 0.29) is 12.0 Å². The average molecular weight is 340 g/mol. The van der Waals surface area contributed by atoms with E-state index in [4.69, 9.17) is 5.73 Å². The molecule has 0 aromatic carbocycles. The van der Waals surface area contributed by atoms with Crippen LogP contribution in [0.1, 0.15) is 36.6 Å². The number of hydrogen-bond acceptors (Lipinski definition) is 5. The van der Waals surface area contributed by atoms with Crippen molar-refractivity contribution >= 4 is 5.95 Å². The standard InChI is InChI=1S/C15H19F3N6/c1-10(19)3-2-4-24-8-11-7-23(9-13(11)22-24)14-20-5-12(6-21-14)15(16,17)18/h5-6,8,10H,2-4,7,9,19H2,1H3/t10-/m0/s1. The van der Waals surface area contributed by atoms with E-state index in [0.717, 1.165) is 43.0 Å². The molecule has 2 N–H and O–H groups in total. The van der Waals surface area contributed by atoms with Gasteiger partial charge in [-0.25, -0.2) is 9.97 Å². The largest absolute Gasteiger partial charge is 0.419 e. The predicted molar refractivity (Wildman–Crippen MR) is 82.0 cm³/mol. The molecule has 2 aromatic heterocycles. The first-order valence-electron chi connectivity index (χ1n) is 7.78. The summed E-state index contributed by atoms with van der Waals surface area (Å²) >= 11 is 0. The summed E-state index contributed by atoms with van der Waals surface area (Å²) in [6.07, 6.45) is 1.08. The van der Waals surface area contributed by atoms with Crippen molar-refractivity contribution < 1.29 is 13.2 Å². The maximum absolute atomic E-state index is 12.5. The van der Waals surface area contributed by atoms with E-state index in [1.54, 1.807) is 0 Å². The van der Waals surface area contributed by atoms with Gasteiger partial charge >= 0.3 is 6.18 Å². The van der Waals surface area contributed by atoms with Gasteiger partial charge in [-0.15, -0.1) is 0 Å². The molecule has 9 heteroatoms. The fourth-order valence-corrected chi connectivity index (χ4v) is 2.67. The van der Waals surface area contributed by atoms with Crippen LogP contribution in [0.4, 0.5) is 19.1 Å². The molecule has 130 valence electrons. The molecule has 0 spiro atoms. The van der Waals surface area contributed by atoms with Crippen LogP contribution in [0.25, 0.3) is 0 Å². The average Bonchev–Trinajstić information content (AvgIpc) is 3.04. The van der Waals surface area contributed by atoms with Crippen molar-refractivity contribution in [1.82, 2.24) is 19.7 Å². The highest BCUT2D eigenvalue weighted by molar-refractivity contribution is 5.39. The van der Waals surface area contributed by atoms with Gasteiger partial charge in [0.2, 0.25) is 5.95 Å². The molecule has 1 aliphatic heterocycles. The lowest BCUT2D eigenvalue weighted by Gasteiger charge is -2.16. The van der Waals surface area contributed by atoms with Crippen molar-refractivity contribution in [3.63, 3.8) is 0 Å². The zero-order valence-electron chi connectivity index (χ0n) is 13.3. The topological polar surface area (TPSA) is 72.9 Å². The van der Waals surface area contributed by atoms with E-state index in [9.17, 15) is 13.2 Å². The molecular formula is C15H19F3N6. The molecule has 0 aliphatic carbocycles. The Morgan fingerprint density at radius 3 is 2.54 bits per heavy atom. The van der Waals surface area contributed by atoms with Gasteiger partial charge in [-0.2, -0.15) is 18.3 Å². The number of alkyl halides is 3. The number of fused-ring (bicyclic) bond motifs is 1. The first-order valence-corrected chi connectivity index (χ1v) is 7.78. The molecule has 2 aromatic rings. The summed E-state index contributed by atoms with van der Waals surface area (Å²) in [7, 11) is 0. The highest BCUT2D eigenvalue weighted by Gasteiger charge is 2.32. The van der Waals surface area contributed by atoms with Gasteiger partial charge in [0, 0.05) is 43.3 Å². The van der Waals surface area contributed by atoms with Crippen LogP contribution in [0.15, 0.2) is 18.6 Å². The fourth-order valence-electron chi connectivity index (χ4n) is 2.67. The molecule has 0 saturated heterocycles. The molecule has 0 bridgehead atoms. The maximum atomic E-state index is 12.5.